The van der Waals surface area contributed by atoms with Crippen molar-refractivity contribution >= 4 is 5.97 Å². The summed E-state index contributed by atoms with van der Waals surface area (Å²) in [5.74, 6) is 0.545. The van der Waals surface area contributed by atoms with Crippen LogP contribution in [0.4, 0.5) is 0 Å². The minimum Gasteiger partial charge on any atom is -0.469 e. The summed E-state index contributed by atoms with van der Waals surface area (Å²) in [5.41, 5.74) is 6.08. The highest BCUT2D eigenvalue weighted by Gasteiger charge is 2.22. The number of hydrogen-bond donors (Lipinski definition) is 0. The van der Waals surface area contributed by atoms with Crippen LogP contribution in [0.2, 0.25) is 0 Å². The number of ether oxygens (including phenoxy) is 1. The Labute approximate surface area is 176 Å². The number of esters is 1. The van der Waals surface area contributed by atoms with Gasteiger partial charge in [-0.15, -0.1) is 0 Å². The van der Waals surface area contributed by atoms with Gasteiger partial charge in [-0.2, -0.15) is 0 Å². The molecule has 0 aliphatic carbocycles. The van der Waals surface area contributed by atoms with Crippen molar-refractivity contribution in [2.24, 2.45) is 0 Å². The van der Waals surface area contributed by atoms with Gasteiger partial charge < -0.3 is 9.30 Å². The van der Waals surface area contributed by atoms with E-state index >= 15 is 0 Å². The van der Waals surface area contributed by atoms with Crippen LogP contribution in [0.1, 0.15) is 16.8 Å². The zero-order valence-corrected chi connectivity index (χ0v) is 17.2. The molecule has 4 aromatic rings. The Morgan fingerprint density at radius 1 is 0.867 bits per heavy atom. The number of aryl methyl sites for hydroxylation is 1. The monoisotopic (exact) mass is 396 g/mol. The number of nitrogens with zero attached hydrogens (tertiary/aromatic N) is 2. The third-order valence-corrected chi connectivity index (χ3v) is 5.12. The minimum absolute atomic E-state index is 0.126. The molecule has 0 aliphatic rings. The molecular weight excluding hydrogens is 372 g/mol. The van der Waals surface area contributed by atoms with Crippen molar-refractivity contribution in [1.29, 1.82) is 0 Å². The summed E-state index contributed by atoms with van der Waals surface area (Å²) >= 11 is 0. The van der Waals surface area contributed by atoms with E-state index in [1.807, 2.05) is 36.4 Å². The lowest BCUT2D eigenvalue weighted by atomic mass is 10.1. The zero-order chi connectivity index (χ0) is 20.9. The fourth-order valence-corrected chi connectivity index (χ4v) is 3.60. The van der Waals surface area contributed by atoms with Crippen molar-refractivity contribution < 1.29 is 9.53 Å². The van der Waals surface area contributed by atoms with Crippen molar-refractivity contribution in [3.8, 4) is 22.6 Å². The van der Waals surface area contributed by atoms with E-state index in [0.29, 0.717) is 6.54 Å². The van der Waals surface area contributed by atoms with Crippen LogP contribution >= 0.6 is 0 Å². The molecule has 0 spiro atoms. The second kappa shape index (κ2) is 8.78. The Morgan fingerprint density at radius 2 is 1.50 bits per heavy atom. The Kier molecular flexibility index (Phi) is 5.75. The summed E-state index contributed by atoms with van der Waals surface area (Å²) in [4.78, 5) is 17.1. The van der Waals surface area contributed by atoms with Gasteiger partial charge in [-0.1, -0.05) is 90.5 Å². The smallest absolute Gasteiger partial charge is 0.311 e. The van der Waals surface area contributed by atoms with Gasteiger partial charge >= 0.3 is 5.97 Å². The van der Waals surface area contributed by atoms with E-state index in [0.717, 1.165) is 28.3 Å². The van der Waals surface area contributed by atoms with Gasteiger partial charge in [0.2, 0.25) is 0 Å². The Balaban J connectivity index is 1.94. The lowest BCUT2D eigenvalue weighted by Gasteiger charge is -2.14. The average molecular weight is 396 g/mol. The average Bonchev–Trinajstić information content (AvgIpc) is 3.13. The summed E-state index contributed by atoms with van der Waals surface area (Å²) in [6.07, 6.45) is 0.126. The van der Waals surface area contributed by atoms with Crippen LogP contribution in [0.25, 0.3) is 22.6 Å². The van der Waals surface area contributed by atoms with Crippen LogP contribution in [-0.2, 0) is 22.5 Å². The van der Waals surface area contributed by atoms with Gasteiger partial charge in [0.1, 0.15) is 5.82 Å². The van der Waals surface area contributed by atoms with Crippen molar-refractivity contribution in [3.63, 3.8) is 0 Å². The summed E-state index contributed by atoms with van der Waals surface area (Å²) in [6.45, 7) is 2.72. The standard InChI is InChI=1S/C26H24N2O2/c1-19-13-15-22(16-14-19)26-27-23(17-24(29)30-2)25(21-11-7-4-8-12-21)28(26)18-20-9-5-3-6-10-20/h3-16H,17-18H2,1-2H3. The fraction of sp³-hybridized carbons (Fsp3) is 0.154. The number of carbonyl (C=O) groups is 1. The molecule has 30 heavy (non-hydrogen) atoms. The van der Waals surface area contributed by atoms with E-state index in [1.54, 1.807) is 0 Å². The minimum atomic E-state index is -0.299. The molecule has 0 bridgehead atoms. The maximum Gasteiger partial charge on any atom is 0.311 e. The number of imidazole rings is 1. The molecule has 3 aromatic carbocycles. The normalized spacial score (nSPS) is 10.7. The Hall–Kier alpha value is -3.66. The molecule has 0 aliphatic heterocycles. The van der Waals surface area contributed by atoms with Gasteiger partial charge in [-0.3, -0.25) is 4.79 Å². The van der Waals surface area contributed by atoms with E-state index in [1.165, 1.54) is 18.2 Å². The number of hydrogen-bond acceptors (Lipinski definition) is 3. The first-order chi connectivity index (χ1) is 14.7. The number of methoxy groups -OCH3 is 1. The zero-order valence-electron chi connectivity index (χ0n) is 17.2. The summed E-state index contributed by atoms with van der Waals surface area (Å²) in [5, 5.41) is 0. The molecular formula is C26H24N2O2. The highest BCUT2D eigenvalue weighted by atomic mass is 16.5. The molecule has 1 aromatic heterocycles. The molecule has 0 fully saturated rings. The molecule has 0 atom stereocenters. The maximum absolute atomic E-state index is 12.2. The molecule has 4 rings (SSSR count). The SMILES string of the molecule is COC(=O)Cc1nc(-c2ccc(C)cc2)n(Cc2ccccc2)c1-c1ccccc1. The molecule has 4 heteroatoms. The molecule has 0 saturated carbocycles. The summed E-state index contributed by atoms with van der Waals surface area (Å²) in [7, 11) is 1.41. The lowest BCUT2D eigenvalue weighted by molar-refractivity contribution is -0.139. The van der Waals surface area contributed by atoms with Gasteiger partial charge in [0.25, 0.3) is 0 Å². The third kappa shape index (κ3) is 4.18. The van der Waals surface area contributed by atoms with E-state index in [-0.39, 0.29) is 12.4 Å². The first kappa shape index (κ1) is 19.6. The number of carbonyl (C=O) groups excluding carboxylic acids is 1. The molecule has 0 amide bonds. The van der Waals surface area contributed by atoms with Crippen molar-refractivity contribution in [2.45, 2.75) is 19.9 Å². The van der Waals surface area contributed by atoms with Gasteiger partial charge in [-0.05, 0) is 12.5 Å². The molecule has 150 valence electrons. The highest BCUT2D eigenvalue weighted by Crippen LogP contribution is 2.32. The third-order valence-electron chi connectivity index (χ3n) is 5.12. The molecule has 0 N–H and O–H groups in total. The van der Waals surface area contributed by atoms with E-state index < -0.39 is 0 Å². The van der Waals surface area contributed by atoms with Gasteiger partial charge in [-0.25, -0.2) is 4.98 Å². The van der Waals surface area contributed by atoms with Gasteiger partial charge in [0, 0.05) is 17.7 Å². The van der Waals surface area contributed by atoms with E-state index in [4.69, 9.17) is 9.72 Å². The quantitative estimate of drug-likeness (QED) is 0.416. The van der Waals surface area contributed by atoms with Gasteiger partial charge in [0.05, 0.1) is 24.9 Å². The van der Waals surface area contributed by atoms with Crippen molar-refractivity contribution in [2.75, 3.05) is 7.11 Å². The highest BCUT2D eigenvalue weighted by molar-refractivity contribution is 5.77. The predicted molar refractivity (Wildman–Crippen MR) is 119 cm³/mol. The second-order valence-corrected chi connectivity index (χ2v) is 7.29. The second-order valence-electron chi connectivity index (χ2n) is 7.29. The van der Waals surface area contributed by atoms with E-state index in [2.05, 4.69) is 60.0 Å². The predicted octanol–water partition coefficient (Wildman–Crippen LogP) is 5.29. The van der Waals surface area contributed by atoms with Crippen molar-refractivity contribution in [1.82, 2.24) is 9.55 Å². The summed E-state index contributed by atoms with van der Waals surface area (Å²) in [6, 6.07) is 28.7. The lowest BCUT2D eigenvalue weighted by Crippen LogP contribution is -2.08. The van der Waals surface area contributed by atoms with Crippen LogP contribution in [0.15, 0.2) is 84.9 Å². The summed E-state index contributed by atoms with van der Waals surface area (Å²) < 4.78 is 7.15. The van der Waals surface area contributed by atoms with Crippen LogP contribution in [0, 0.1) is 6.92 Å². The van der Waals surface area contributed by atoms with Gasteiger partial charge in [0.15, 0.2) is 0 Å². The van der Waals surface area contributed by atoms with Crippen LogP contribution in [0.5, 0.6) is 0 Å². The molecule has 0 saturated heterocycles. The topological polar surface area (TPSA) is 44.1 Å². The first-order valence-electron chi connectivity index (χ1n) is 9.98. The van der Waals surface area contributed by atoms with Crippen LogP contribution in [0.3, 0.4) is 0 Å². The number of rotatable bonds is 6. The maximum atomic E-state index is 12.2. The first-order valence-corrected chi connectivity index (χ1v) is 9.98. The molecule has 1 heterocycles. The fourth-order valence-electron chi connectivity index (χ4n) is 3.60. The van der Waals surface area contributed by atoms with E-state index in [9.17, 15) is 4.79 Å². The van der Waals surface area contributed by atoms with Crippen LogP contribution < -0.4 is 0 Å². The number of aromatic nitrogens is 2. The Morgan fingerprint density at radius 3 is 2.13 bits per heavy atom. The molecule has 4 nitrogen and oxygen atoms in total. The van der Waals surface area contributed by atoms with Crippen LogP contribution in [-0.4, -0.2) is 22.6 Å². The number of benzene rings is 3. The van der Waals surface area contributed by atoms with Crippen molar-refractivity contribution in [3.05, 3.63) is 102 Å². The Bertz CT molecular complexity index is 1130. The largest absolute Gasteiger partial charge is 0.469 e. The molecule has 0 unspecified atom stereocenters. The molecule has 0 radical (unpaired) electrons.